The molecule has 0 aromatic heterocycles. The Morgan fingerprint density at radius 1 is 1.26 bits per heavy atom. The van der Waals surface area contributed by atoms with E-state index in [1.807, 2.05) is 0 Å². The van der Waals surface area contributed by atoms with Gasteiger partial charge in [-0.1, -0.05) is 18.5 Å². The molecular formula is C16H22ClN3O2S. The summed E-state index contributed by atoms with van der Waals surface area (Å²) < 4.78 is 0. The van der Waals surface area contributed by atoms with Crippen LogP contribution in [0.15, 0.2) is 24.3 Å². The van der Waals surface area contributed by atoms with Gasteiger partial charge in [0.2, 0.25) is 5.91 Å². The first-order valence-corrected chi connectivity index (χ1v) is 9.29. The number of halogens is 1. The Bertz CT molecular complexity index is 539. The molecule has 0 bridgehead atoms. The third-order valence-corrected chi connectivity index (χ3v) is 4.83. The van der Waals surface area contributed by atoms with Crippen LogP contribution in [0.25, 0.3) is 0 Å². The zero-order chi connectivity index (χ0) is 16.7. The highest BCUT2D eigenvalue weighted by Gasteiger charge is 2.34. The molecule has 2 amide bonds. The molecule has 5 nitrogen and oxygen atoms in total. The van der Waals surface area contributed by atoms with Gasteiger partial charge in [-0.3, -0.25) is 9.59 Å². The van der Waals surface area contributed by atoms with Crippen molar-refractivity contribution < 1.29 is 9.59 Å². The molecule has 2 N–H and O–H groups in total. The first-order valence-electron chi connectivity index (χ1n) is 7.76. The summed E-state index contributed by atoms with van der Waals surface area (Å²) in [6.07, 6.45) is 1.07. The normalized spacial score (nSPS) is 17.3. The molecule has 1 unspecified atom stereocenters. The minimum Gasteiger partial charge on any atom is -0.353 e. The summed E-state index contributed by atoms with van der Waals surface area (Å²) in [4.78, 5) is 26.5. The van der Waals surface area contributed by atoms with E-state index in [-0.39, 0.29) is 11.8 Å². The summed E-state index contributed by atoms with van der Waals surface area (Å²) >= 11 is 7.44. The van der Waals surface area contributed by atoms with E-state index in [4.69, 9.17) is 11.6 Å². The van der Waals surface area contributed by atoms with Crippen LogP contribution in [-0.2, 0) is 4.79 Å². The van der Waals surface area contributed by atoms with Crippen LogP contribution in [0, 0.1) is 0 Å². The van der Waals surface area contributed by atoms with Crippen molar-refractivity contribution in [1.82, 2.24) is 15.5 Å². The average molecular weight is 356 g/mol. The summed E-state index contributed by atoms with van der Waals surface area (Å²) in [5.74, 6) is 0.952. The van der Waals surface area contributed by atoms with Crippen molar-refractivity contribution in [3.8, 4) is 0 Å². The number of nitrogens with one attached hydrogen (secondary N) is 2. The monoisotopic (exact) mass is 355 g/mol. The standard InChI is InChI=1S/C16H22ClN3O2S/c1-2-7-18-8-9-19-15(21)14-10-23-11-20(14)16(22)12-3-5-13(17)6-4-12/h3-6,14,18H,2,7-11H2,1H3,(H,19,21). The van der Waals surface area contributed by atoms with E-state index in [2.05, 4.69) is 17.6 Å². The van der Waals surface area contributed by atoms with Crippen LogP contribution in [0.4, 0.5) is 0 Å². The van der Waals surface area contributed by atoms with Crippen molar-refractivity contribution >= 4 is 35.2 Å². The smallest absolute Gasteiger partial charge is 0.255 e. The minimum atomic E-state index is -0.408. The van der Waals surface area contributed by atoms with Crippen LogP contribution in [0.5, 0.6) is 0 Å². The molecule has 1 fully saturated rings. The Balaban J connectivity index is 1.90. The number of hydrogen-bond donors (Lipinski definition) is 2. The molecule has 126 valence electrons. The lowest BCUT2D eigenvalue weighted by atomic mass is 10.1. The Labute approximate surface area is 146 Å². The number of benzene rings is 1. The van der Waals surface area contributed by atoms with E-state index in [1.54, 1.807) is 40.9 Å². The molecule has 1 aromatic carbocycles. The van der Waals surface area contributed by atoms with Gasteiger partial charge in [0.25, 0.3) is 5.91 Å². The summed E-state index contributed by atoms with van der Waals surface area (Å²) in [5.41, 5.74) is 0.555. The lowest BCUT2D eigenvalue weighted by Gasteiger charge is -2.23. The van der Waals surface area contributed by atoms with Gasteiger partial charge in [0, 0.05) is 29.4 Å². The molecule has 0 radical (unpaired) electrons. The fourth-order valence-electron chi connectivity index (χ4n) is 2.31. The molecule has 0 aliphatic carbocycles. The highest BCUT2D eigenvalue weighted by Crippen LogP contribution is 2.23. The van der Waals surface area contributed by atoms with E-state index in [0.717, 1.165) is 19.5 Å². The van der Waals surface area contributed by atoms with Gasteiger partial charge in [-0.05, 0) is 37.2 Å². The summed E-state index contributed by atoms with van der Waals surface area (Å²) in [7, 11) is 0. The van der Waals surface area contributed by atoms with Crippen LogP contribution in [-0.4, -0.2) is 54.0 Å². The lowest BCUT2D eigenvalue weighted by molar-refractivity contribution is -0.124. The van der Waals surface area contributed by atoms with E-state index >= 15 is 0 Å². The number of rotatable bonds is 7. The molecule has 2 rings (SSSR count). The van der Waals surface area contributed by atoms with E-state index < -0.39 is 6.04 Å². The van der Waals surface area contributed by atoms with Crippen LogP contribution in [0.2, 0.25) is 5.02 Å². The van der Waals surface area contributed by atoms with Gasteiger partial charge in [0.1, 0.15) is 6.04 Å². The molecule has 1 saturated heterocycles. The molecule has 1 atom stereocenters. The van der Waals surface area contributed by atoms with Crippen LogP contribution >= 0.6 is 23.4 Å². The van der Waals surface area contributed by atoms with Gasteiger partial charge in [-0.25, -0.2) is 0 Å². The number of nitrogens with zero attached hydrogens (tertiary/aromatic N) is 1. The zero-order valence-electron chi connectivity index (χ0n) is 13.2. The van der Waals surface area contributed by atoms with Gasteiger partial charge in [0.05, 0.1) is 5.88 Å². The van der Waals surface area contributed by atoms with Gasteiger partial charge in [-0.15, -0.1) is 11.8 Å². The van der Waals surface area contributed by atoms with Crippen LogP contribution in [0.1, 0.15) is 23.7 Å². The number of amides is 2. The Morgan fingerprint density at radius 2 is 2.00 bits per heavy atom. The Kier molecular flexibility index (Phi) is 7.20. The molecule has 1 aliphatic heterocycles. The summed E-state index contributed by atoms with van der Waals surface area (Å²) in [6, 6.07) is 6.35. The fraction of sp³-hybridized carbons (Fsp3) is 0.500. The van der Waals surface area contributed by atoms with Crippen molar-refractivity contribution in [2.75, 3.05) is 31.3 Å². The van der Waals surface area contributed by atoms with E-state index in [9.17, 15) is 9.59 Å². The maximum atomic E-state index is 12.6. The van der Waals surface area contributed by atoms with Crippen LogP contribution in [0.3, 0.4) is 0 Å². The average Bonchev–Trinajstić information content (AvgIpc) is 3.04. The lowest BCUT2D eigenvalue weighted by Crippen LogP contribution is -2.48. The number of carbonyl (C=O) groups is 2. The molecule has 7 heteroatoms. The molecule has 1 aliphatic rings. The highest BCUT2D eigenvalue weighted by molar-refractivity contribution is 7.99. The molecule has 1 heterocycles. The van der Waals surface area contributed by atoms with Gasteiger partial charge >= 0.3 is 0 Å². The number of thioether (sulfide) groups is 1. The van der Waals surface area contributed by atoms with Crippen LogP contribution < -0.4 is 10.6 Å². The van der Waals surface area contributed by atoms with Gasteiger partial charge < -0.3 is 15.5 Å². The highest BCUT2D eigenvalue weighted by atomic mass is 35.5. The SMILES string of the molecule is CCCNCCNC(=O)C1CSCN1C(=O)c1ccc(Cl)cc1. The first-order chi connectivity index (χ1) is 11.1. The largest absolute Gasteiger partial charge is 0.353 e. The quantitative estimate of drug-likeness (QED) is 0.734. The van der Waals surface area contributed by atoms with Gasteiger partial charge in [0.15, 0.2) is 0 Å². The molecular weight excluding hydrogens is 334 g/mol. The third-order valence-electron chi connectivity index (χ3n) is 3.56. The minimum absolute atomic E-state index is 0.0874. The summed E-state index contributed by atoms with van der Waals surface area (Å²) in [5, 5.41) is 6.72. The predicted octanol–water partition coefficient (Wildman–Crippen LogP) is 1.97. The maximum absolute atomic E-state index is 12.6. The molecule has 23 heavy (non-hydrogen) atoms. The summed E-state index contributed by atoms with van der Waals surface area (Å²) in [6.45, 7) is 4.35. The molecule has 0 spiro atoms. The second-order valence-corrected chi connectivity index (χ2v) is 6.77. The Morgan fingerprint density at radius 3 is 2.70 bits per heavy atom. The second-order valence-electron chi connectivity index (χ2n) is 5.34. The molecule has 0 saturated carbocycles. The predicted molar refractivity (Wildman–Crippen MR) is 94.9 cm³/mol. The molecule has 1 aromatic rings. The number of hydrogen-bond acceptors (Lipinski definition) is 4. The first kappa shape index (κ1) is 18.1. The van der Waals surface area contributed by atoms with Crippen molar-refractivity contribution in [2.45, 2.75) is 19.4 Å². The third kappa shape index (κ3) is 5.12. The van der Waals surface area contributed by atoms with Crippen molar-refractivity contribution in [2.24, 2.45) is 0 Å². The van der Waals surface area contributed by atoms with Gasteiger partial charge in [-0.2, -0.15) is 0 Å². The van der Waals surface area contributed by atoms with Crippen molar-refractivity contribution in [3.63, 3.8) is 0 Å². The van der Waals surface area contributed by atoms with Crippen molar-refractivity contribution in [3.05, 3.63) is 34.9 Å². The zero-order valence-corrected chi connectivity index (χ0v) is 14.8. The Hall–Kier alpha value is -1.24. The topological polar surface area (TPSA) is 61.4 Å². The number of carbonyl (C=O) groups excluding carboxylic acids is 2. The maximum Gasteiger partial charge on any atom is 0.255 e. The fourth-order valence-corrected chi connectivity index (χ4v) is 3.59. The van der Waals surface area contributed by atoms with E-state index in [1.165, 1.54) is 0 Å². The van der Waals surface area contributed by atoms with E-state index in [0.29, 0.717) is 28.8 Å². The van der Waals surface area contributed by atoms with Crippen molar-refractivity contribution in [1.29, 1.82) is 0 Å². The second kappa shape index (κ2) is 9.15.